The molecule has 0 radical (unpaired) electrons. The summed E-state index contributed by atoms with van der Waals surface area (Å²) in [5.41, 5.74) is 5.00. The fraction of sp³-hybridized carbons (Fsp3) is 0.160. The Bertz CT molecular complexity index is 1490. The van der Waals surface area contributed by atoms with E-state index >= 15 is 0 Å². The van der Waals surface area contributed by atoms with E-state index in [-0.39, 0.29) is 13.2 Å². The van der Waals surface area contributed by atoms with Gasteiger partial charge in [-0.25, -0.2) is 13.1 Å². The van der Waals surface area contributed by atoms with Crippen LogP contribution in [0.15, 0.2) is 66.9 Å². The number of fused-ring (bicyclic) bond motifs is 1. The first-order valence-electron chi connectivity index (χ1n) is 10.4. The first kappa shape index (κ1) is 24.1. The SMILES string of the molecule is CS(=O)(=O)NCc1ccc(-c2ccc3c(ccn3-c3cc(Cl)c(OCCCl)c(C#N)c3)c2)cc1. The predicted octanol–water partition coefficient (Wildman–Crippen LogP) is 5.49. The third-order valence-electron chi connectivity index (χ3n) is 5.27. The van der Waals surface area contributed by atoms with Crippen molar-refractivity contribution in [1.82, 2.24) is 9.29 Å². The van der Waals surface area contributed by atoms with Crippen LogP contribution in [-0.2, 0) is 16.6 Å². The highest BCUT2D eigenvalue weighted by atomic mass is 35.5. The minimum atomic E-state index is -3.23. The first-order chi connectivity index (χ1) is 16.3. The maximum absolute atomic E-state index is 11.3. The monoisotopic (exact) mass is 513 g/mol. The van der Waals surface area contributed by atoms with Crippen LogP contribution in [0.1, 0.15) is 11.1 Å². The molecular formula is C25H21Cl2N3O3S. The van der Waals surface area contributed by atoms with Gasteiger partial charge < -0.3 is 9.30 Å². The van der Waals surface area contributed by atoms with Crippen molar-refractivity contribution < 1.29 is 13.2 Å². The second-order valence-electron chi connectivity index (χ2n) is 7.70. The van der Waals surface area contributed by atoms with Crippen LogP contribution in [0.2, 0.25) is 5.02 Å². The minimum Gasteiger partial charge on any atom is -0.489 e. The summed E-state index contributed by atoms with van der Waals surface area (Å²) in [6, 6.07) is 21.5. The molecule has 3 aromatic carbocycles. The normalized spacial score (nSPS) is 11.5. The number of ether oxygens (including phenoxy) is 1. The summed E-state index contributed by atoms with van der Waals surface area (Å²) < 4.78 is 32.6. The lowest BCUT2D eigenvalue weighted by Gasteiger charge is -2.12. The van der Waals surface area contributed by atoms with Crippen LogP contribution in [0.5, 0.6) is 5.75 Å². The van der Waals surface area contributed by atoms with Crippen LogP contribution in [0.25, 0.3) is 27.7 Å². The van der Waals surface area contributed by atoms with Crippen molar-refractivity contribution in [3.8, 4) is 28.6 Å². The van der Waals surface area contributed by atoms with E-state index in [2.05, 4.69) is 16.9 Å². The van der Waals surface area contributed by atoms with Crippen LogP contribution in [0.4, 0.5) is 0 Å². The Hall–Kier alpha value is -3.02. The van der Waals surface area contributed by atoms with E-state index in [1.165, 1.54) is 0 Å². The quantitative estimate of drug-likeness (QED) is 0.315. The molecule has 9 heteroatoms. The number of alkyl halides is 1. The molecule has 0 amide bonds. The molecule has 34 heavy (non-hydrogen) atoms. The van der Waals surface area contributed by atoms with Crippen LogP contribution >= 0.6 is 23.2 Å². The average Bonchev–Trinajstić information content (AvgIpc) is 3.25. The van der Waals surface area contributed by atoms with Gasteiger partial charge in [-0.15, -0.1) is 11.6 Å². The molecular weight excluding hydrogens is 493 g/mol. The molecule has 1 heterocycles. The number of hydrogen-bond donors (Lipinski definition) is 1. The molecule has 4 rings (SSSR count). The van der Waals surface area contributed by atoms with E-state index in [1.54, 1.807) is 12.1 Å². The molecule has 6 nitrogen and oxygen atoms in total. The van der Waals surface area contributed by atoms with Crippen LogP contribution in [-0.4, -0.2) is 31.7 Å². The Balaban J connectivity index is 1.63. The molecule has 0 unspecified atom stereocenters. The number of halogens is 2. The van der Waals surface area contributed by atoms with Crippen LogP contribution in [0, 0.1) is 11.3 Å². The Morgan fingerprint density at radius 1 is 1.06 bits per heavy atom. The molecule has 0 saturated carbocycles. The molecule has 0 fully saturated rings. The van der Waals surface area contributed by atoms with Gasteiger partial charge in [0, 0.05) is 23.8 Å². The summed E-state index contributed by atoms with van der Waals surface area (Å²) in [4.78, 5) is 0. The van der Waals surface area contributed by atoms with Gasteiger partial charge in [0.05, 0.1) is 28.2 Å². The Kier molecular flexibility index (Phi) is 7.15. The maximum atomic E-state index is 11.3. The van der Waals surface area contributed by atoms with Crippen LogP contribution < -0.4 is 9.46 Å². The van der Waals surface area contributed by atoms with Crippen molar-refractivity contribution >= 4 is 44.1 Å². The predicted molar refractivity (Wildman–Crippen MR) is 136 cm³/mol. The zero-order valence-electron chi connectivity index (χ0n) is 18.3. The molecule has 0 saturated heterocycles. The molecule has 174 valence electrons. The van der Waals surface area contributed by atoms with Gasteiger partial charge in [0.2, 0.25) is 10.0 Å². The van der Waals surface area contributed by atoms with E-state index in [1.807, 2.05) is 53.2 Å². The second kappa shape index (κ2) is 10.1. The van der Waals surface area contributed by atoms with Gasteiger partial charge in [0.1, 0.15) is 12.7 Å². The third kappa shape index (κ3) is 5.37. The van der Waals surface area contributed by atoms with Gasteiger partial charge in [0.25, 0.3) is 0 Å². The van der Waals surface area contributed by atoms with Crippen molar-refractivity contribution in [2.45, 2.75) is 6.54 Å². The summed E-state index contributed by atoms with van der Waals surface area (Å²) in [7, 11) is -3.23. The molecule has 0 spiro atoms. The summed E-state index contributed by atoms with van der Waals surface area (Å²) in [6.07, 6.45) is 3.07. The van der Waals surface area contributed by atoms with Crippen molar-refractivity contribution in [3.05, 3.63) is 83.0 Å². The number of nitrogens with zero attached hydrogens (tertiary/aromatic N) is 2. The topological polar surface area (TPSA) is 84.1 Å². The summed E-state index contributed by atoms with van der Waals surface area (Å²) in [5.74, 6) is 0.635. The number of hydrogen-bond acceptors (Lipinski definition) is 4. The summed E-state index contributed by atoms with van der Waals surface area (Å²) >= 11 is 12.1. The highest BCUT2D eigenvalue weighted by molar-refractivity contribution is 7.88. The minimum absolute atomic E-state index is 0.254. The molecule has 0 atom stereocenters. The summed E-state index contributed by atoms with van der Waals surface area (Å²) in [6.45, 7) is 0.518. The van der Waals surface area contributed by atoms with Gasteiger partial charge in [-0.05, 0) is 47.0 Å². The van der Waals surface area contributed by atoms with Crippen molar-refractivity contribution in [3.63, 3.8) is 0 Å². The molecule has 0 aliphatic heterocycles. The van der Waals surface area contributed by atoms with E-state index in [4.69, 9.17) is 27.9 Å². The van der Waals surface area contributed by atoms with Gasteiger partial charge in [-0.2, -0.15) is 5.26 Å². The number of aromatic nitrogens is 1. The summed E-state index contributed by atoms with van der Waals surface area (Å²) in [5, 5.41) is 10.9. The van der Waals surface area contributed by atoms with Gasteiger partial charge in [0.15, 0.2) is 5.75 Å². The number of rotatable bonds is 8. The van der Waals surface area contributed by atoms with Gasteiger partial charge in [-0.3, -0.25) is 0 Å². The fourth-order valence-corrected chi connectivity index (χ4v) is 4.44. The number of nitrogens with one attached hydrogen (secondary N) is 1. The highest BCUT2D eigenvalue weighted by Crippen LogP contribution is 2.34. The molecule has 0 aliphatic rings. The first-order valence-corrected chi connectivity index (χ1v) is 13.2. The van der Waals surface area contributed by atoms with Crippen molar-refractivity contribution in [2.24, 2.45) is 0 Å². The largest absolute Gasteiger partial charge is 0.489 e. The van der Waals surface area contributed by atoms with E-state index in [0.717, 1.165) is 39.5 Å². The lowest BCUT2D eigenvalue weighted by Crippen LogP contribution is -2.21. The fourth-order valence-electron chi connectivity index (χ4n) is 3.67. The van der Waals surface area contributed by atoms with E-state index < -0.39 is 10.0 Å². The molecule has 4 aromatic rings. The Labute approximate surface area is 208 Å². The van der Waals surface area contributed by atoms with Gasteiger partial charge >= 0.3 is 0 Å². The highest BCUT2D eigenvalue weighted by Gasteiger charge is 2.14. The number of benzene rings is 3. The lowest BCUT2D eigenvalue weighted by molar-refractivity contribution is 0.342. The standard InChI is InChI=1S/C25H21Cl2N3O3S/c1-34(31,32)29-16-17-2-4-18(5-3-17)19-6-7-24-20(12-19)8-10-30(24)22-13-21(15-28)25(23(27)14-22)33-11-9-26/h2-8,10,12-14,29H,9,11,16H2,1H3. The van der Waals surface area contributed by atoms with Gasteiger partial charge in [-0.1, -0.05) is 41.9 Å². The smallest absolute Gasteiger partial charge is 0.209 e. The average molecular weight is 514 g/mol. The van der Waals surface area contributed by atoms with E-state index in [0.29, 0.717) is 22.2 Å². The second-order valence-corrected chi connectivity index (χ2v) is 10.3. The van der Waals surface area contributed by atoms with Crippen molar-refractivity contribution in [1.29, 1.82) is 5.26 Å². The lowest BCUT2D eigenvalue weighted by atomic mass is 10.0. The Morgan fingerprint density at radius 2 is 1.79 bits per heavy atom. The number of sulfonamides is 1. The number of nitriles is 1. The zero-order chi connectivity index (χ0) is 24.3. The molecule has 1 N–H and O–H groups in total. The molecule has 0 bridgehead atoms. The maximum Gasteiger partial charge on any atom is 0.209 e. The third-order valence-corrected chi connectivity index (χ3v) is 6.37. The molecule has 1 aromatic heterocycles. The van der Waals surface area contributed by atoms with Crippen LogP contribution in [0.3, 0.4) is 0 Å². The Morgan fingerprint density at radius 3 is 2.47 bits per heavy atom. The molecule has 0 aliphatic carbocycles. The van der Waals surface area contributed by atoms with E-state index in [9.17, 15) is 13.7 Å². The zero-order valence-corrected chi connectivity index (χ0v) is 20.6. The van der Waals surface area contributed by atoms with Crippen molar-refractivity contribution in [2.75, 3.05) is 18.7 Å².